The molecule has 2 aliphatic rings. The summed E-state index contributed by atoms with van der Waals surface area (Å²) in [5, 5.41) is 9.01. The molecular weight excluding hydrogens is 200 g/mol. The molecule has 4 unspecified atom stereocenters. The molecule has 0 aromatic rings. The van der Waals surface area contributed by atoms with Crippen LogP contribution in [0.25, 0.3) is 0 Å². The molecule has 2 aliphatic heterocycles. The molecule has 1 fully saturated rings. The Bertz CT molecular complexity index is 324. The van der Waals surface area contributed by atoms with Crippen LogP contribution in [0, 0.1) is 11.8 Å². The van der Waals surface area contributed by atoms with Gasteiger partial charge < -0.3 is 19.4 Å². The highest BCUT2D eigenvalue weighted by Crippen LogP contribution is 2.46. The summed E-state index contributed by atoms with van der Waals surface area (Å²) in [5.74, 6) is -2.45. The summed E-state index contributed by atoms with van der Waals surface area (Å²) in [6.07, 6.45) is 3.58. The molecule has 4 atom stereocenters. The molecule has 0 spiro atoms. The number of carbonyl (C=O) groups excluding carboxylic acids is 1. The average molecular weight is 212 g/mol. The van der Waals surface area contributed by atoms with E-state index >= 15 is 0 Å². The maximum Gasteiger partial charge on any atom is 0.310 e. The van der Waals surface area contributed by atoms with Crippen LogP contribution >= 0.6 is 0 Å². The molecule has 82 valence electrons. The number of carboxylic acids is 1. The number of carboxylic acid groups (broad SMARTS) is 1. The Labute approximate surface area is 86.7 Å². The lowest BCUT2D eigenvalue weighted by Crippen LogP contribution is -2.42. The van der Waals surface area contributed by atoms with Crippen molar-refractivity contribution in [1.82, 2.24) is 0 Å². The van der Waals surface area contributed by atoms with Crippen LogP contribution in [0.5, 0.6) is 0 Å². The van der Waals surface area contributed by atoms with Crippen molar-refractivity contribution in [1.29, 1.82) is 0 Å². The van der Waals surface area contributed by atoms with E-state index in [-0.39, 0.29) is 6.61 Å². The molecule has 0 amide bonds. The summed E-state index contributed by atoms with van der Waals surface area (Å²) in [7, 11) is 1.50. The minimum atomic E-state index is -1.00. The predicted molar refractivity (Wildman–Crippen MR) is 49.3 cm³/mol. The molecule has 2 rings (SSSR count). The van der Waals surface area contributed by atoms with E-state index < -0.39 is 29.5 Å². The van der Waals surface area contributed by atoms with Crippen molar-refractivity contribution in [3.63, 3.8) is 0 Å². The molecule has 1 saturated heterocycles. The maximum atomic E-state index is 11.0. The summed E-state index contributed by atoms with van der Waals surface area (Å²) >= 11 is 0. The van der Waals surface area contributed by atoms with Gasteiger partial charge in [0.1, 0.15) is 11.9 Å². The second-order valence-corrected chi connectivity index (χ2v) is 3.86. The lowest BCUT2D eigenvalue weighted by atomic mass is 9.76. The Balaban J connectivity index is 2.32. The highest BCUT2D eigenvalue weighted by Gasteiger charge is 2.59. The number of fused-ring (bicyclic) bond motifs is 2. The summed E-state index contributed by atoms with van der Waals surface area (Å²) in [5.41, 5.74) is -0.871. The van der Waals surface area contributed by atoms with Crippen molar-refractivity contribution in [2.24, 2.45) is 11.8 Å². The van der Waals surface area contributed by atoms with Crippen LogP contribution in [0.1, 0.15) is 0 Å². The molecular formula is C10H12O5. The average Bonchev–Trinajstić information content (AvgIpc) is 2.71. The zero-order valence-electron chi connectivity index (χ0n) is 8.25. The topological polar surface area (TPSA) is 72.8 Å². The number of methoxy groups -OCH3 is 1. The highest BCUT2D eigenvalue weighted by atomic mass is 16.6. The fourth-order valence-electron chi connectivity index (χ4n) is 2.38. The lowest BCUT2D eigenvalue weighted by Gasteiger charge is -2.27. The van der Waals surface area contributed by atoms with E-state index in [9.17, 15) is 9.59 Å². The van der Waals surface area contributed by atoms with E-state index in [0.29, 0.717) is 6.29 Å². The van der Waals surface area contributed by atoms with E-state index in [1.807, 2.05) is 0 Å². The SMILES string of the molecule is COCC12C=CC(O1)C(C(=O)O)C2C=O. The summed E-state index contributed by atoms with van der Waals surface area (Å²) in [6.45, 7) is 0.202. The van der Waals surface area contributed by atoms with Gasteiger partial charge >= 0.3 is 5.97 Å². The molecule has 1 N–H and O–H groups in total. The van der Waals surface area contributed by atoms with Gasteiger partial charge in [0.2, 0.25) is 0 Å². The first-order valence-electron chi connectivity index (χ1n) is 4.69. The van der Waals surface area contributed by atoms with E-state index in [1.165, 1.54) is 7.11 Å². The van der Waals surface area contributed by atoms with Gasteiger partial charge in [0.25, 0.3) is 0 Å². The molecule has 0 aromatic heterocycles. The zero-order valence-corrected chi connectivity index (χ0v) is 8.25. The Morgan fingerprint density at radius 3 is 3.00 bits per heavy atom. The Morgan fingerprint density at radius 2 is 2.47 bits per heavy atom. The molecule has 0 aromatic carbocycles. The zero-order chi connectivity index (χ0) is 11.1. The standard InChI is InChI=1S/C10H12O5/c1-14-5-10-3-2-7(15-10)8(9(12)13)6(10)4-11/h2-4,6-8H,5H2,1H3,(H,12,13). The van der Waals surface area contributed by atoms with E-state index in [4.69, 9.17) is 14.6 Å². The van der Waals surface area contributed by atoms with Crippen LogP contribution in [0.2, 0.25) is 0 Å². The predicted octanol–water partition coefficient (Wildman–Crippen LogP) is -0.144. The van der Waals surface area contributed by atoms with Gasteiger partial charge in [-0.1, -0.05) is 12.2 Å². The molecule has 0 aliphatic carbocycles. The Hall–Kier alpha value is -1.20. The summed E-state index contributed by atoms with van der Waals surface area (Å²) < 4.78 is 10.5. The number of aldehydes is 1. The van der Waals surface area contributed by atoms with Crippen molar-refractivity contribution < 1.29 is 24.2 Å². The minimum Gasteiger partial charge on any atom is -0.481 e. The molecule has 0 radical (unpaired) electrons. The quantitative estimate of drug-likeness (QED) is 0.518. The number of carbonyl (C=O) groups is 2. The van der Waals surface area contributed by atoms with Gasteiger partial charge in [-0.3, -0.25) is 4.79 Å². The summed E-state index contributed by atoms with van der Waals surface area (Å²) in [4.78, 5) is 22.0. The number of hydrogen-bond acceptors (Lipinski definition) is 4. The third-order valence-electron chi connectivity index (χ3n) is 3.03. The van der Waals surface area contributed by atoms with Gasteiger partial charge in [0.15, 0.2) is 0 Å². The third kappa shape index (κ3) is 1.31. The Morgan fingerprint density at radius 1 is 1.73 bits per heavy atom. The number of aliphatic carboxylic acids is 1. The van der Waals surface area contributed by atoms with Gasteiger partial charge in [0, 0.05) is 7.11 Å². The van der Waals surface area contributed by atoms with Gasteiger partial charge in [-0.15, -0.1) is 0 Å². The first-order valence-corrected chi connectivity index (χ1v) is 4.69. The summed E-state index contributed by atoms with van der Waals surface area (Å²) in [6, 6.07) is 0. The van der Waals surface area contributed by atoms with Gasteiger partial charge in [-0.25, -0.2) is 0 Å². The van der Waals surface area contributed by atoms with Gasteiger partial charge in [-0.2, -0.15) is 0 Å². The molecule has 15 heavy (non-hydrogen) atoms. The monoisotopic (exact) mass is 212 g/mol. The van der Waals surface area contributed by atoms with Crippen molar-refractivity contribution in [3.8, 4) is 0 Å². The van der Waals surface area contributed by atoms with Crippen molar-refractivity contribution in [2.75, 3.05) is 13.7 Å². The first-order chi connectivity index (χ1) is 7.14. The molecule has 5 heteroatoms. The number of rotatable bonds is 4. The van der Waals surface area contributed by atoms with Crippen molar-refractivity contribution in [3.05, 3.63) is 12.2 Å². The highest BCUT2D eigenvalue weighted by molar-refractivity contribution is 5.79. The molecule has 2 bridgehead atoms. The van der Waals surface area contributed by atoms with Crippen molar-refractivity contribution >= 4 is 12.3 Å². The second kappa shape index (κ2) is 3.43. The van der Waals surface area contributed by atoms with Crippen LogP contribution in [0.3, 0.4) is 0 Å². The van der Waals surface area contributed by atoms with Crippen LogP contribution in [0.4, 0.5) is 0 Å². The van der Waals surface area contributed by atoms with E-state index in [0.717, 1.165) is 0 Å². The maximum absolute atomic E-state index is 11.0. The number of ether oxygens (including phenoxy) is 2. The van der Waals surface area contributed by atoms with Gasteiger partial charge in [-0.05, 0) is 0 Å². The van der Waals surface area contributed by atoms with Crippen molar-refractivity contribution in [2.45, 2.75) is 11.7 Å². The molecule has 0 saturated carbocycles. The van der Waals surface area contributed by atoms with Gasteiger partial charge in [0.05, 0.1) is 24.5 Å². The number of hydrogen-bond donors (Lipinski definition) is 1. The largest absolute Gasteiger partial charge is 0.481 e. The fraction of sp³-hybridized carbons (Fsp3) is 0.600. The van der Waals surface area contributed by atoms with Crippen LogP contribution in [0.15, 0.2) is 12.2 Å². The normalized spacial score (nSPS) is 42.1. The first kappa shape index (κ1) is 10.3. The van der Waals surface area contributed by atoms with Crippen LogP contribution in [-0.4, -0.2) is 42.8 Å². The second-order valence-electron chi connectivity index (χ2n) is 3.86. The van der Waals surface area contributed by atoms with E-state index in [1.54, 1.807) is 12.2 Å². The lowest BCUT2D eigenvalue weighted by molar-refractivity contribution is -0.145. The van der Waals surface area contributed by atoms with E-state index in [2.05, 4.69) is 0 Å². The fourth-order valence-corrected chi connectivity index (χ4v) is 2.38. The third-order valence-corrected chi connectivity index (χ3v) is 3.03. The Kier molecular flexibility index (Phi) is 2.36. The van der Waals surface area contributed by atoms with Crippen LogP contribution < -0.4 is 0 Å². The molecule has 5 nitrogen and oxygen atoms in total. The van der Waals surface area contributed by atoms with Crippen LogP contribution in [-0.2, 0) is 19.1 Å². The minimum absolute atomic E-state index is 0.202. The molecule has 2 heterocycles. The smallest absolute Gasteiger partial charge is 0.310 e.